The van der Waals surface area contributed by atoms with Crippen molar-refractivity contribution < 1.29 is 14.6 Å². The Morgan fingerprint density at radius 3 is 2.67 bits per heavy atom. The van der Waals surface area contributed by atoms with Crippen LogP contribution in [0.2, 0.25) is 0 Å². The van der Waals surface area contributed by atoms with Crippen molar-refractivity contribution in [2.75, 3.05) is 25.2 Å². The van der Waals surface area contributed by atoms with E-state index in [9.17, 15) is 5.11 Å². The number of nitrogens with zero attached hydrogens (tertiary/aromatic N) is 2. The number of anilines is 1. The average Bonchev–Trinajstić information content (AvgIpc) is 2.70. The standard InChI is InChI=1S/C19H29N5O3/c1-4-14-6-5-7-16(10-14)26-12-15(25)11-21-19(2,3)13-27-18-9-8-17(22-20)23-24-18/h5-10,15,21,25H,4,11-13,20H2,1-3H3,(H,22,23). The van der Waals surface area contributed by atoms with Gasteiger partial charge in [-0.1, -0.05) is 19.1 Å². The average molecular weight is 375 g/mol. The second kappa shape index (κ2) is 10.1. The number of hydrogen-bond acceptors (Lipinski definition) is 8. The van der Waals surface area contributed by atoms with Crippen molar-refractivity contribution in [2.45, 2.75) is 38.8 Å². The minimum atomic E-state index is -0.635. The molecule has 0 aliphatic rings. The van der Waals surface area contributed by atoms with Gasteiger partial charge in [-0.15, -0.1) is 10.2 Å². The molecule has 8 heteroatoms. The zero-order valence-electron chi connectivity index (χ0n) is 16.1. The van der Waals surface area contributed by atoms with Gasteiger partial charge in [-0.25, -0.2) is 5.84 Å². The highest BCUT2D eigenvalue weighted by Gasteiger charge is 2.20. The van der Waals surface area contributed by atoms with Crippen LogP contribution < -0.4 is 26.1 Å². The highest BCUT2D eigenvalue weighted by molar-refractivity contribution is 5.32. The summed E-state index contributed by atoms with van der Waals surface area (Å²) in [4.78, 5) is 0. The fraction of sp³-hybridized carbons (Fsp3) is 0.474. The Bertz CT molecular complexity index is 694. The molecule has 2 aromatic rings. The van der Waals surface area contributed by atoms with E-state index in [0.29, 0.717) is 24.8 Å². The van der Waals surface area contributed by atoms with Gasteiger partial charge in [0, 0.05) is 18.2 Å². The maximum absolute atomic E-state index is 10.2. The minimum Gasteiger partial charge on any atom is -0.491 e. The van der Waals surface area contributed by atoms with E-state index in [1.807, 2.05) is 32.0 Å². The molecule has 1 atom stereocenters. The molecular weight excluding hydrogens is 346 g/mol. The lowest BCUT2D eigenvalue weighted by atomic mass is 10.1. The number of aliphatic hydroxyl groups excluding tert-OH is 1. The molecular formula is C19H29N5O3. The van der Waals surface area contributed by atoms with Crippen LogP contribution in [0.3, 0.4) is 0 Å². The lowest BCUT2D eigenvalue weighted by Gasteiger charge is -2.27. The van der Waals surface area contributed by atoms with E-state index < -0.39 is 6.10 Å². The van der Waals surface area contributed by atoms with E-state index in [1.165, 1.54) is 5.56 Å². The van der Waals surface area contributed by atoms with E-state index in [4.69, 9.17) is 15.3 Å². The molecule has 148 valence electrons. The molecule has 1 unspecified atom stereocenters. The summed E-state index contributed by atoms with van der Waals surface area (Å²) in [5.74, 6) is 6.89. The monoisotopic (exact) mass is 375 g/mol. The molecule has 8 nitrogen and oxygen atoms in total. The van der Waals surface area contributed by atoms with Gasteiger partial charge in [-0.2, -0.15) is 0 Å². The van der Waals surface area contributed by atoms with Gasteiger partial charge >= 0.3 is 0 Å². The number of aromatic nitrogens is 2. The molecule has 1 heterocycles. The Labute approximate surface area is 160 Å². The largest absolute Gasteiger partial charge is 0.491 e. The van der Waals surface area contributed by atoms with Gasteiger partial charge in [0.1, 0.15) is 25.1 Å². The molecule has 1 aromatic heterocycles. The molecule has 0 aliphatic heterocycles. The molecule has 5 N–H and O–H groups in total. The van der Waals surface area contributed by atoms with Crippen molar-refractivity contribution in [1.82, 2.24) is 15.5 Å². The fourth-order valence-electron chi connectivity index (χ4n) is 2.28. The van der Waals surface area contributed by atoms with Gasteiger partial charge in [-0.3, -0.25) is 0 Å². The third kappa shape index (κ3) is 7.38. The van der Waals surface area contributed by atoms with Gasteiger partial charge in [0.15, 0.2) is 5.82 Å². The maximum Gasteiger partial charge on any atom is 0.233 e. The van der Waals surface area contributed by atoms with Crippen LogP contribution in [0.25, 0.3) is 0 Å². The molecule has 1 aromatic carbocycles. The van der Waals surface area contributed by atoms with E-state index in [2.05, 4.69) is 33.9 Å². The van der Waals surface area contributed by atoms with Crippen LogP contribution >= 0.6 is 0 Å². The Kier molecular flexibility index (Phi) is 7.78. The molecule has 0 saturated carbocycles. The van der Waals surface area contributed by atoms with Crippen molar-refractivity contribution in [3.8, 4) is 11.6 Å². The van der Waals surface area contributed by atoms with Crippen molar-refractivity contribution in [1.29, 1.82) is 0 Å². The highest BCUT2D eigenvalue weighted by atomic mass is 16.5. The number of nitrogen functional groups attached to an aromatic ring is 1. The maximum atomic E-state index is 10.2. The lowest BCUT2D eigenvalue weighted by Crippen LogP contribution is -2.48. The molecule has 2 rings (SSSR count). The van der Waals surface area contributed by atoms with Crippen LogP contribution in [0.5, 0.6) is 11.6 Å². The number of hydrogen-bond donors (Lipinski definition) is 4. The van der Waals surface area contributed by atoms with E-state index in [1.54, 1.807) is 12.1 Å². The summed E-state index contributed by atoms with van der Waals surface area (Å²) in [6.45, 7) is 7.02. The van der Waals surface area contributed by atoms with E-state index in [0.717, 1.165) is 12.2 Å². The number of rotatable bonds is 11. The topological polar surface area (TPSA) is 115 Å². The summed E-state index contributed by atoms with van der Waals surface area (Å²) in [5, 5.41) is 21.2. The summed E-state index contributed by atoms with van der Waals surface area (Å²) in [5.41, 5.74) is 3.25. The van der Waals surface area contributed by atoms with Crippen molar-refractivity contribution in [2.24, 2.45) is 5.84 Å². The third-order valence-corrected chi connectivity index (χ3v) is 3.93. The van der Waals surface area contributed by atoms with Crippen LogP contribution in [0.1, 0.15) is 26.3 Å². The number of aryl methyl sites for hydroxylation is 1. The molecule has 27 heavy (non-hydrogen) atoms. The minimum absolute atomic E-state index is 0.218. The Hall–Kier alpha value is -2.42. The predicted octanol–water partition coefficient (Wildman–Crippen LogP) is 1.51. The summed E-state index contributed by atoms with van der Waals surface area (Å²) >= 11 is 0. The lowest BCUT2D eigenvalue weighted by molar-refractivity contribution is 0.0922. The Balaban J connectivity index is 1.72. The Morgan fingerprint density at radius 1 is 1.19 bits per heavy atom. The second-order valence-corrected chi connectivity index (χ2v) is 6.92. The van der Waals surface area contributed by atoms with E-state index in [-0.39, 0.29) is 12.1 Å². The third-order valence-electron chi connectivity index (χ3n) is 3.93. The van der Waals surface area contributed by atoms with Crippen LogP contribution in [0.15, 0.2) is 36.4 Å². The quantitative estimate of drug-likeness (QED) is 0.345. The van der Waals surface area contributed by atoms with Crippen molar-refractivity contribution in [3.63, 3.8) is 0 Å². The SMILES string of the molecule is CCc1cccc(OCC(O)CNC(C)(C)COc2ccc(NN)nn2)c1. The number of nitrogens with one attached hydrogen (secondary N) is 2. The van der Waals surface area contributed by atoms with Crippen LogP contribution in [0, 0.1) is 0 Å². The number of hydrazine groups is 1. The summed E-state index contributed by atoms with van der Waals surface area (Å²) in [6.07, 6.45) is 0.315. The molecule has 0 amide bonds. The van der Waals surface area contributed by atoms with Crippen LogP contribution in [-0.2, 0) is 6.42 Å². The first-order valence-electron chi connectivity index (χ1n) is 9.00. The number of aliphatic hydroxyl groups is 1. The molecule has 0 saturated heterocycles. The first kappa shape index (κ1) is 20.9. The summed E-state index contributed by atoms with van der Waals surface area (Å²) in [6, 6.07) is 11.3. The van der Waals surface area contributed by atoms with Crippen molar-refractivity contribution >= 4 is 5.82 Å². The van der Waals surface area contributed by atoms with E-state index >= 15 is 0 Å². The number of ether oxygens (including phenoxy) is 2. The van der Waals surface area contributed by atoms with Gasteiger partial charge in [0.05, 0.1) is 0 Å². The van der Waals surface area contributed by atoms with Crippen molar-refractivity contribution in [3.05, 3.63) is 42.0 Å². The summed E-state index contributed by atoms with van der Waals surface area (Å²) < 4.78 is 11.3. The smallest absolute Gasteiger partial charge is 0.233 e. The molecule has 0 fully saturated rings. The summed E-state index contributed by atoms with van der Waals surface area (Å²) in [7, 11) is 0. The Morgan fingerprint density at radius 2 is 2.00 bits per heavy atom. The molecule has 0 bridgehead atoms. The number of nitrogens with two attached hydrogens (primary N) is 1. The van der Waals surface area contributed by atoms with Gasteiger partial charge in [-0.05, 0) is 44.0 Å². The fourth-order valence-corrected chi connectivity index (χ4v) is 2.28. The first-order valence-corrected chi connectivity index (χ1v) is 9.00. The molecule has 0 radical (unpaired) electrons. The second-order valence-electron chi connectivity index (χ2n) is 6.92. The van der Waals surface area contributed by atoms with Crippen LogP contribution in [0.4, 0.5) is 5.82 Å². The van der Waals surface area contributed by atoms with Gasteiger partial charge < -0.3 is 25.3 Å². The van der Waals surface area contributed by atoms with Gasteiger partial charge in [0.25, 0.3) is 0 Å². The molecule has 0 aliphatic carbocycles. The normalized spacial score (nSPS) is 12.5. The highest BCUT2D eigenvalue weighted by Crippen LogP contribution is 2.14. The first-order chi connectivity index (χ1) is 12.9. The zero-order valence-corrected chi connectivity index (χ0v) is 16.1. The molecule has 0 spiro atoms. The number of β-amino-alcohol motifs (C(OH)–C–C–N with tert-alkyl or cyclic N) is 1. The predicted molar refractivity (Wildman–Crippen MR) is 105 cm³/mol. The number of benzene rings is 1. The zero-order chi connectivity index (χ0) is 19.7. The van der Waals surface area contributed by atoms with Gasteiger partial charge in [0.2, 0.25) is 5.88 Å². The van der Waals surface area contributed by atoms with Crippen LogP contribution in [-0.4, -0.2) is 46.7 Å².